The van der Waals surface area contributed by atoms with Gasteiger partial charge in [-0.3, -0.25) is 4.63 Å². The molecule has 0 amide bonds. The molecule has 0 saturated carbocycles. The molecule has 1 aromatic carbocycles. The van der Waals surface area contributed by atoms with E-state index in [1.165, 1.54) is 7.05 Å². The van der Waals surface area contributed by atoms with Gasteiger partial charge in [0.2, 0.25) is 0 Å². The van der Waals surface area contributed by atoms with Crippen molar-refractivity contribution in [3.05, 3.63) is 44.3 Å². The third-order valence-electron chi connectivity index (χ3n) is 1.99. The fraction of sp³-hybridized carbons (Fsp3) is 0.111. The number of hydrogen-bond acceptors (Lipinski definition) is 3. The van der Waals surface area contributed by atoms with Crippen LogP contribution in [-0.2, 0) is 7.05 Å². The van der Waals surface area contributed by atoms with Gasteiger partial charge in [-0.1, -0.05) is 15.9 Å². The Labute approximate surface area is 93.2 Å². The van der Waals surface area contributed by atoms with Gasteiger partial charge in [-0.15, -0.1) is 4.74 Å². The van der Waals surface area contributed by atoms with E-state index in [0.717, 1.165) is 9.21 Å². The predicted molar refractivity (Wildman–Crippen MR) is 56.0 cm³/mol. The van der Waals surface area contributed by atoms with Gasteiger partial charge in [-0.2, -0.15) is 0 Å². The molecule has 0 N–H and O–H groups in total. The maximum absolute atomic E-state index is 11.5. The van der Waals surface area contributed by atoms with E-state index < -0.39 is 5.56 Å². The first-order valence-corrected chi connectivity index (χ1v) is 4.95. The highest BCUT2D eigenvalue weighted by atomic mass is 79.9. The molecule has 0 saturated heterocycles. The van der Waals surface area contributed by atoms with Crippen LogP contribution in [0, 0.1) is 5.21 Å². The van der Waals surface area contributed by atoms with Gasteiger partial charge in [-0.05, 0) is 29.2 Å². The average molecular weight is 271 g/mol. The lowest BCUT2D eigenvalue weighted by Crippen LogP contribution is -2.27. The SMILES string of the molecule is Cn1o[n+]([O-])c(-c2ccc(Br)cc2)c1=O. The number of rotatable bonds is 1. The van der Waals surface area contributed by atoms with Crippen molar-refractivity contribution < 1.29 is 9.53 Å². The Morgan fingerprint density at radius 3 is 2.47 bits per heavy atom. The largest absolute Gasteiger partial charge is 0.401 e. The molecule has 0 bridgehead atoms. The van der Waals surface area contributed by atoms with E-state index >= 15 is 0 Å². The molecule has 78 valence electrons. The minimum Gasteiger partial charge on any atom is -0.359 e. The first-order chi connectivity index (χ1) is 7.09. The quantitative estimate of drug-likeness (QED) is 0.728. The molecule has 1 aromatic heterocycles. The molecular formula is C9H7BrN2O3. The molecule has 2 aromatic rings. The fourth-order valence-electron chi connectivity index (χ4n) is 1.25. The van der Waals surface area contributed by atoms with Crippen LogP contribution >= 0.6 is 15.9 Å². The first kappa shape index (κ1) is 9.97. The monoisotopic (exact) mass is 270 g/mol. The summed E-state index contributed by atoms with van der Waals surface area (Å²) in [7, 11) is 1.39. The van der Waals surface area contributed by atoms with Crippen LogP contribution in [0.2, 0.25) is 0 Å². The maximum atomic E-state index is 11.5. The number of aryl methyl sites for hydroxylation is 1. The van der Waals surface area contributed by atoms with Crippen molar-refractivity contribution in [2.24, 2.45) is 7.05 Å². The Hall–Kier alpha value is -1.56. The minimum atomic E-state index is -0.452. The first-order valence-electron chi connectivity index (χ1n) is 4.16. The Balaban J connectivity index is 2.64. The molecule has 15 heavy (non-hydrogen) atoms. The topological polar surface area (TPSA) is 62.1 Å². The summed E-state index contributed by atoms with van der Waals surface area (Å²) in [6.45, 7) is 0. The lowest BCUT2D eigenvalue weighted by Gasteiger charge is -1.95. The van der Waals surface area contributed by atoms with Crippen LogP contribution in [0.1, 0.15) is 0 Å². The van der Waals surface area contributed by atoms with E-state index in [-0.39, 0.29) is 10.6 Å². The van der Waals surface area contributed by atoms with Crippen LogP contribution in [0.5, 0.6) is 0 Å². The van der Waals surface area contributed by atoms with E-state index in [2.05, 4.69) is 20.6 Å². The average Bonchev–Trinajstić information content (AvgIpc) is 2.44. The van der Waals surface area contributed by atoms with Crippen molar-refractivity contribution in [3.63, 3.8) is 0 Å². The molecule has 0 radical (unpaired) electrons. The summed E-state index contributed by atoms with van der Waals surface area (Å²) in [4.78, 5) is 11.7. The standard InChI is InChI=1S/C9H7BrN2O3/c1-11-9(13)8(12(14)15-11)6-2-4-7(10)5-3-6/h2-5H,1H3. The molecule has 0 aliphatic heterocycles. The Morgan fingerprint density at radius 2 is 2.00 bits per heavy atom. The lowest BCUT2D eigenvalue weighted by molar-refractivity contribution is -0.798. The van der Waals surface area contributed by atoms with E-state index in [1.54, 1.807) is 24.3 Å². The van der Waals surface area contributed by atoms with Gasteiger partial charge in [-0.25, -0.2) is 4.79 Å². The van der Waals surface area contributed by atoms with Crippen molar-refractivity contribution >= 4 is 15.9 Å². The van der Waals surface area contributed by atoms with Crippen LogP contribution in [0.15, 0.2) is 38.2 Å². The van der Waals surface area contributed by atoms with Gasteiger partial charge in [0, 0.05) is 10.0 Å². The smallest absolute Gasteiger partial charge is 0.359 e. The zero-order chi connectivity index (χ0) is 11.0. The van der Waals surface area contributed by atoms with E-state index in [0.29, 0.717) is 5.56 Å². The highest BCUT2D eigenvalue weighted by Crippen LogP contribution is 2.16. The summed E-state index contributed by atoms with van der Waals surface area (Å²) >= 11 is 3.27. The molecule has 0 atom stereocenters. The Morgan fingerprint density at radius 1 is 1.40 bits per heavy atom. The maximum Gasteiger partial charge on any atom is 0.401 e. The molecule has 5 nitrogen and oxygen atoms in total. The van der Waals surface area contributed by atoms with Crippen molar-refractivity contribution in [3.8, 4) is 11.3 Å². The molecule has 0 fully saturated rings. The summed E-state index contributed by atoms with van der Waals surface area (Å²) in [5.41, 5.74) is 0.0693. The summed E-state index contributed by atoms with van der Waals surface area (Å²) in [6, 6.07) is 6.85. The van der Waals surface area contributed by atoms with Crippen LogP contribution in [0.4, 0.5) is 0 Å². The van der Waals surface area contributed by atoms with Crippen molar-refractivity contribution in [2.75, 3.05) is 0 Å². The molecule has 0 aliphatic carbocycles. The summed E-state index contributed by atoms with van der Waals surface area (Å²) < 4.78 is 6.36. The highest BCUT2D eigenvalue weighted by molar-refractivity contribution is 9.10. The van der Waals surface area contributed by atoms with Gasteiger partial charge in [0.05, 0.1) is 0 Å². The third kappa shape index (κ3) is 1.68. The minimum absolute atomic E-state index is 0.00926. The molecular weight excluding hydrogens is 264 g/mol. The Bertz CT molecular complexity index is 541. The molecule has 0 aliphatic rings. The van der Waals surface area contributed by atoms with Crippen molar-refractivity contribution in [1.29, 1.82) is 0 Å². The second-order valence-electron chi connectivity index (χ2n) is 3.00. The summed E-state index contributed by atoms with van der Waals surface area (Å²) in [5, 5.41) is 11.3. The third-order valence-corrected chi connectivity index (χ3v) is 2.51. The van der Waals surface area contributed by atoms with Crippen LogP contribution < -0.4 is 10.5 Å². The van der Waals surface area contributed by atoms with Crippen molar-refractivity contribution in [2.45, 2.75) is 0 Å². The zero-order valence-corrected chi connectivity index (χ0v) is 9.39. The second kappa shape index (κ2) is 3.54. The van der Waals surface area contributed by atoms with Gasteiger partial charge in [0.25, 0.3) is 5.69 Å². The van der Waals surface area contributed by atoms with Gasteiger partial charge >= 0.3 is 5.56 Å². The second-order valence-corrected chi connectivity index (χ2v) is 3.91. The molecule has 1 heterocycles. The van der Waals surface area contributed by atoms with E-state index in [1.807, 2.05) is 0 Å². The van der Waals surface area contributed by atoms with Gasteiger partial charge in [0.1, 0.15) is 7.05 Å². The summed E-state index contributed by atoms with van der Waals surface area (Å²) in [6.07, 6.45) is 0. The van der Waals surface area contributed by atoms with Crippen LogP contribution in [0.3, 0.4) is 0 Å². The Kier molecular flexibility index (Phi) is 2.36. The number of hydrogen-bond donors (Lipinski definition) is 0. The number of aromatic nitrogens is 2. The molecule has 6 heteroatoms. The number of benzene rings is 1. The molecule has 0 spiro atoms. The fourth-order valence-corrected chi connectivity index (χ4v) is 1.52. The zero-order valence-electron chi connectivity index (χ0n) is 7.81. The van der Waals surface area contributed by atoms with Gasteiger partial charge in [0.15, 0.2) is 0 Å². The molecule has 2 rings (SSSR count). The molecule has 0 unspecified atom stereocenters. The summed E-state index contributed by atoms with van der Waals surface area (Å²) in [5.74, 6) is 0. The lowest BCUT2D eigenvalue weighted by atomic mass is 10.2. The number of nitrogens with zero attached hydrogens (tertiary/aromatic N) is 2. The van der Waals surface area contributed by atoms with Crippen LogP contribution in [-0.4, -0.2) is 4.74 Å². The highest BCUT2D eigenvalue weighted by Gasteiger charge is 2.17. The van der Waals surface area contributed by atoms with Crippen molar-refractivity contribution in [1.82, 2.24) is 4.74 Å². The van der Waals surface area contributed by atoms with E-state index in [4.69, 9.17) is 0 Å². The predicted octanol–water partition coefficient (Wildman–Crippen LogP) is 1.04. The van der Waals surface area contributed by atoms with E-state index in [9.17, 15) is 10.0 Å². The normalized spacial score (nSPS) is 10.5. The van der Waals surface area contributed by atoms with Crippen LogP contribution in [0.25, 0.3) is 11.3 Å². The number of halogens is 1. The van der Waals surface area contributed by atoms with Gasteiger partial charge < -0.3 is 5.21 Å².